The fourth-order valence-electron chi connectivity index (χ4n) is 9.70. The molecule has 4 bridgehead atoms. The Morgan fingerprint density at radius 1 is 0.864 bits per heavy atom. The lowest BCUT2D eigenvalue weighted by Gasteiger charge is -2.61. The number of amides is 2. The van der Waals surface area contributed by atoms with Gasteiger partial charge in [-0.15, -0.1) is 0 Å². The van der Waals surface area contributed by atoms with E-state index in [1.165, 1.54) is 30.5 Å². The molecular formula is C36H45N7O. The van der Waals surface area contributed by atoms with Gasteiger partial charge in [0.15, 0.2) is 0 Å². The van der Waals surface area contributed by atoms with Crippen molar-refractivity contribution in [3.05, 3.63) is 64.8 Å². The predicted molar refractivity (Wildman–Crippen MR) is 177 cm³/mol. The summed E-state index contributed by atoms with van der Waals surface area (Å²) in [5.41, 5.74) is 7.60. The van der Waals surface area contributed by atoms with E-state index >= 15 is 0 Å². The van der Waals surface area contributed by atoms with Gasteiger partial charge in [-0.2, -0.15) is 4.98 Å². The maximum Gasteiger partial charge on any atom is 0.331 e. The quantitative estimate of drug-likeness (QED) is 0.352. The topological polar surface area (TPSA) is 67.8 Å². The van der Waals surface area contributed by atoms with Gasteiger partial charge in [-0.3, -0.25) is 9.80 Å². The average molecular weight is 592 g/mol. The third-order valence-corrected chi connectivity index (χ3v) is 11.2. The molecule has 4 aliphatic carbocycles. The van der Waals surface area contributed by atoms with Crippen LogP contribution < -0.4 is 20.0 Å². The first-order valence-corrected chi connectivity index (χ1v) is 16.6. The Bertz CT molecular complexity index is 1530. The molecule has 3 aromatic rings. The summed E-state index contributed by atoms with van der Waals surface area (Å²) in [6.45, 7) is 11.1. The molecular weight excluding hydrogens is 546 g/mol. The minimum Gasteiger partial charge on any atom is -0.369 e. The maximum absolute atomic E-state index is 14.8. The van der Waals surface area contributed by atoms with Crippen molar-refractivity contribution in [3.8, 4) is 0 Å². The molecule has 9 rings (SSSR count). The second kappa shape index (κ2) is 10.5. The standard InChI is InChI=1S/C36H45N7O/c1-23-13-24(2)32(25(3)14-23)42-22-29-21-37-34(38-30-5-7-31(8-6-30)41-11-9-40(4)10-12-41)39-33(29)43(35(42)44)36-18-26-15-27(19-36)17-28(16-26)20-36/h5-8,13-14,21,26-28H,9-12,15-20,22H2,1-4H3,(H,37,38,39). The number of nitrogens with zero attached hydrogens (tertiary/aromatic N) is 6. The number of carbonyl (C=O) groups is 1. The number of fused-ring (bicyclic) bond motifs is 1. The molecule has 1 aromatic heterocycles. The van der Waals surface area contributed by atoms with Crippen LogP contribution in [0.3, 0.4) is 0 Å². The number of aryl methyl sites for hydroxylation is 3. The largest absolute Gasteiger partial charge is 0.369 e. The molecule has 1 saturated heterocycles. The Labute approximate surface area is 261 Å². The molecule has 1 N–H and O–H groups in total. The van der Waals surface area contributed by atoms with Crippen LogP contribution in [0.25, 0.3) is 0 Å². The lowest BCUT2D eigenvalue weighted by atomic mass is 9.52. The van der Waals surface area contributed by atoms with Gasteiger partial charge in [0.25, 0.3) is 0 Å². The zero-order valence-corrected chi connectivity index (χ0v) is 26.6. The van der Waals surface area contributed by atoms with Crippen LogP contribution in [0.15, 0.2) is 42.6 Å². The number of aromatic nitrogens is 2. The van der Waals surface area contributed by atoms with Gasteiger partial charge in [0.05, 0.1) is 17.8 Å². The van der Waals surface area contributed by atoms with Crippen LogP contribution >= 0.6 is 0 Å². The van der Waals surface area contributed by atoms with Crippen molar-refractivity contribution in [2.45, 2.75) is 71.4 Å². The van der Waals surface area contributed by atoms with Gasteiger partial charge >= 0.3 is 6.03 Å². The van der Waals surface area contributed by atoms with Crippen molar-refractivity contribution in [2.24, 2.45) is 17.8 Å². The van der Waals surface area contributed by atoms with Crippen molar-refractivity contribution in [3.63, 3.8) is 0 Å². The van der Waals surface area contributed by atoms with Crippen molar-refractivity contribution < 1.29 is 4.79 Å². The SMILES string of the molecule is Cc1cc(C)c(N2Cc3cnc(Nc4ccc(N5CCN(C)CC5)cc4)nc3N(C34CC5CC(CC(C5)C3)C4)C2=O)c(C)c1. The summed E-state index contributed by atoms with van der Waals surface area (Å²) in [5, 5.41) is 3.47. The number of hydrogen-bond acceptors (Lipinski definition) is 6. The molecule has 6 aliphatic rings. The molecule has 2 amide bonds. The fraction of sp³-hybridized carbons (Fsp3) is 0.528. The molecule has 3 heterocycles. The van der Waals surface area contributed by atoms with Gasteiger partial charge in [0, 0.05) is 49.3 Å². The molecule has 8 heteroatoms. The number of likely N-dealkylation sites (N-methyl/N-ethyl adjacent to an activating group) is 1. The number of rotatable bonds is 5. The summed E-state index contributed by atoms with van der Waals surface area (Å²) >= 11 is 0. The van der Waals surface area contributed by atoms with Crippen LogP contribution in [0.1, 0.15) is 60.8 Å². The second-order valence-electron chi connectivity index (χ2n) is 14.6. The fourth-order valence-corrected chi connectivity index (χ4v) is 9.70. The summed E-state index contributed by atoms with van der Waals surface area (Å²) in [5.74, 6) is 3.51. The lowest BCUT2D eigenvalue weighted by molar-refractivity contribution is -0.000910. The normalized spacial score (nSPS) is 28.0. The summed E-state index contributed by atoms with van der Waals surface area (Å²) in [4.78, 5) is 33.8. The average Bonchev–Trinajstić information content (AvgIpc) is 2.97. The van der Waals surface area contributed by atoms with Gasteiger partial charge < -0.3 is 15.1 Å². The Kier molecular flexibility index (Phi) is 6.63. The van der Waals surface area contributed by atoms with Crippen LogP contribution in [0.2, 0.25) is 0 Å². The number of carbonyl (C=O) groups excluding carboxylic acids is 1. The first kappa shape index (κ1) is 27.9. The summed E-state index contributed by atoms with van der Waals surface area (Å²) < 4.78 is 0. The van der Waals surface area contributed by atoms with E-state index in [0.29, 0.717) is 30.2 Å². The van der Waals surface area contributed by atoms with Crippen LogP contribution in [-0.2, 0) is 6.54 Å². The summed E-state index contributed by atoms with van der Waals surface area (Å²) in [6.07, 6.45) is 9.20. The number of benzene rings is 2. The van der Waals surface area contributed by atoms with Crippen molar-refractivity contribution >= 4 is 34.9 Å². The Morgan fingerprint density at radius 2 is 1.48 bits per heavy atom. The molecule has 0 unspecified atom stereocenters. The first-order chi connectivity index (χ1) is 21.2. The maximum atomic E-state index is 14.8. The molecule has 44 heavy (non-hydrogen) atoms. The highest BCUT2D eigenvalue weighted by molar-refractivity contribution is 6.07. The highest BCUT2D eigenvalue weighted by Crippen LogP contribution is 2.59. The monoisotopic (exact) mass is 591 g/mol. The van der Waals surface area contributed by atoms with Crippen LogP contribution in [0, 0.1) is 38.5 Å². The number of piperazine rings is 1. The van der Waals surface area contributed by atoms with Crippen LogP contribution in [-0.4, -0.2) is 59.7 Å². The predicted octanol–water partition coefficient (Wildman–Crippen LogP) is 6.81. The van der Waals surface area contributed by atoms with Gasteiger partial charge in [0.1, 0.15) is 5.82 Å². The molecule has 230 valence electrons. The lowest BCUT2D eigenvalue weighted by Crippen LogP contribution is -2.65. The molecule has 0 atom stereocenters. The second-order valence-corrected chi connectivity index (χ2v) is 14.6. The van der Waals surface area contributed by atoms with E-state index in [9.17, 15) is 4.79 Å². The van der Waals surface area contributed by atoms with Crippen molar-refractivity contribution in [2.75, 3.05) is 53.2 Å². The smallest absolute Gasteiger partial charge is 0.331 e. The molecule has 8 nitrogen and oxygen atoms in total. The first-order valence-electron chi connectivity index (χ1n) is 16.6. The summed E-state index contributed by atoms with van der Waals surface area (Å²) in [7, 11) is 2.18. The highest BCUT2D eigenvalue weighted by atomic mass is 16.2. The van der Waals surface area contributed by atoms with E-state index in [1.807, 2.05) is 11.1 Å². The van der Waals surface area contributed by atoms with Crippen LogP contribution in [0.5, 0.6) is 0 Å². The minimum atomic E-state index is -0.165. The van der Waals surface area contributed by atoms with Crippen molar-refractivity contribution in [1.29, 1.82) is 0 Å². The zero-order valence-electron chi connectivity index (χ0n) is 26.6. The molecule has 2 aliphatic heterocycles. The molecule has 0 radical (unpaired) electrons. The third-order valence-electron chi connectivity index (χ3n) is 11.2. The Balaban J connectivity index is 1.14. The number of urea groups is 1. The molecule has 2 aromatic carbocycles. The van der Waals surface area contributed by atoms with E-state index in [4.69, 9.17) is 9.97 Å². The summed E-state index contributed by atoms with van der Waals surface area (Å²) in [6, 6.07) is 13.1. The number of nitrogens with one attached hydrogen (secondary N) is 1. The molecule has 5 fully saturated rings. The van der Waals surface area contributed by atoms with Gasteiger partial charge in [-0.05, 0) is 119 Å². The Hall–Kier alpha value is -3.65. The van der Waals surface area contributed by atoms with Gasteiger partial charge in [-0.1, -0.05) is 17.7 Å². The van der Waals surface area contributed by atoms with Gasteiger partial charge in [-0.25, -0.2) is 9.78 Å². The number of hydrogen-bond donors (Lipinski definition) is 1. The highest BCUT2D eigenvalue weighted by Gasteiger charge is 2.57. The van der Waals surface area contributed by atoms with E-state index in [1.54, 1.807) is 0 Å². The van der Waals surface area contributed by atoms with Crippen LogP contribution in [0.4, 0.5) is 33.6 Å². The van der Waals surface area contributed by atoms with Crippen molar-refractivity contribution in [1.82, 2.24) is 14.9 Å². The Morgan fingerprint density at radius 3 is 2.09 bits per heavy atom. The van der Waals surface area contributed by atoms with E-state index in [2.05, 4.69) is 84.2 Å². The molecule has 4 saturated carbocycles. The van der Waals surface area contributed by atoms with E-state index < -0.39 is 0 Å². The van der Waals surface area contributed by atoms with E-state index in [0.717, 1.165) is 79.3 Å². The van der Waals surface area contributed by atoms with E-state index in [-0.39, 0.29) is 11.6 Å². The third kappa shape index (κ3) is 4.73. The minimum absolute atomic E-state index is 0.0793. The zero-order chi connectivity index (χ0) is 30.2. The number of anilines is 5. The molecule has 0 spiro atoms. The van der Waals surface area contributed by atoms with Gasteiger partial charge in [0.2, 0.25) is 5.95 Å².